The van der Waals surface area contributed by atoms with E-state index in [1.165, 1.54) is 11.3 Å². The SMILES string of the molecule is CC(C(=O)O)C1CN(C(=O)Nc2ccc3ncsc3c2)C1. The third-order valence-corrected chi connectivity index (χ3v) is 4.67. The maximum absolute atomic E-state index is 12.1. The third-order valence-electron chi connectivity index (χ3n) is 3.88. The minimum Gasteiger partial charge on any atom is -0.481 e. The molecule has 0 bridgehead atoms. The molecule has 1 fully saturated rings. The van der Waals surface area contributed by atoms with Gasteiger partial charge in [-0.2, -0.15) is 0 Å². The first kappa shape index (κ1) is 13.8. The number of carbonyl (C=O) groups is 2. The average Bonchev–Trinajstić information content (AvgIpc) is 2.84. The molecule has 1 aromatic heterocycles. The standard InChI is InChI=1S/C14H15N3O3S/c1-8(13(18)19)9-5-17(6-9)14(20)16-10-2-3-11-12(4-10)21-7-15-11/h2-4,7-9H,5-6H2,1H3,(H,16,20)(H,18,19). The molecule has 0 aliphatic carbocycles. The van der Waals surface area contributed by atoms with Gasteiger partial charge in [0.15, 0.2) is 0 Å². The van der Waals surface area contributed by atoms with Gasteiger partial charge in [-0.25, -0.2) is 9.78 Å². The molecular formula is C14H15N3O3S. The number of thiazole rings is 1. The lowest BCUT2D eigenvalue weighted by Gasteiger charge is -2.41. The summed E-state index contributed by atoms with van der Waals surface area (Å²) < 4.78 is 1.02. The van der Waals surface area contributed by atoms with Gasteiger partial charge in [0.05, 0.1) is 21.6 Å². The number of hydrogen-bond acceptors (Lipinski definition) is 4. The summed E-state index contributed by atoms with van der Waals surface area (Å²) in [5.41, 5.74) is 3.41. The van der Waals surface area contributed by atoms with E-state index in [0.29, 0.717) is 13.1 Å². The van der Waals surface area contributed by atoms with Crippen LogP contribution in [-0.2, 0) is 4.79 Å². The molecule has 0 saturated carbocycles. The third kappa shape index (κ3) is 2.69. The Hall–Kier alpha value is -2.15. The number of hydrogen-bond donors (Lipinski definition) is 2. The number of carboxylic acids is 1. The minimum atomic E-state index is -0.810. The Balaban J connectivity index is 1.59. The summed E-state index contributed by atoms with van der Waals surface area (Å²) in [6.07, 6.45) is 0. The summed E-state index contributed by atoms with van der Waals surface area (Å²) >= 11 is 1.52. The van der Waals surface area contributed by atoms with Crippen LogP contribution >= 0.6 is 11.3 Å². The van der Waals surface area contributed by atoms with Gasteiger partial charge in [0.25, 0.3) is 0 Å². The first-order valence-electron chi connectivity index (χ1n) is 6.66. The number of fused-ring (bicyclic) bond motifs is 1. The summed E-state index contributed by atoms with van der Waals surface area (Å²) in [6.45, 7) is 2.66. The van der Waals surface area contributed by atoms with Gasteiger partial charge in [0, 0.05) is 24.7 Å². The number of amides is 2. The molecule has 1 atom stereocenters. The van der Waals surface area contributed by atoms with Gasteiger partial charge in [-0.05, 0) is 18.2 Å². The number of nitrogens with zero attached hydrogens (tertiary/aromatic N) is 2. The summed E-state index contributed by atoms with van der Waals surface area (Å²) in [4.78, 5) is 28.8. The van der Waals surface area contributed by atoms with Crippen molar-refractivity contribution in [1.82, 2.24) is 9.88 Å². The van der Waals surface area contributed by atoms with E-state index in [2.05, 4.69) is 10.3 Å². The van der Waals surface area contributed by atoms with Crippen molar-refractivity contribution in [2.75, 3.05) is 18.4 Å². The first-order valence-corrected chi connectivity index (χ1v) is 7.54. The zero-order chi connectivity index (χ0) is 15.0. The van der Waals surface area contributed by atoms with Crippen LogP contribution < -0.4 is 5.32 Å². The van der Waals surface area contributed by atoms with Crippen molar-refractivity contribution in [3.63, 3.8) is 0 Å². The lowest BCUT2D eigenvalue weighted by molar-refractivity contribution is -0.144. The van der Waals surface area contributed by atoms with Crippen LogP contribution in [0, 0.1) is 11.8 Å². The number of aromatic nitrogens is 1. The van der Waals surface area contributed by atoms with E-state index in [-0.39, 0.29) is 11.9 Å². The molecule has 3 rings (SSSR count). The van der Waals surface area contributed by atoms with Crippen molar-refractivity contribution in [3.05, 3.63) is 23.7 Å². The van der Waals surface area contributed by atoms with Crippen LogP contribution in [0.3, 0.4) is 0 Å². The van der Waals surface area contributed by atoms with E-state index >= 15 is 0 Å². The van der Waals surface area contributed by atoms with Crippen molar-refractivity contribution in [2.45, 2.75) is 6.92 Å². The number of likely N-dealkylation sites (tertiary alicyclic amines) is 1. The highest BCUT2D eigenvalue weighted by molar-refractivity contribution is 7.16. The number of aliphatic carboxylic acids is 1. The van der Waals surface area contributed by atoms with Gasteiger partial charge in [-0.15, -0.1) is 11.3 Å². The Morgan fingerprint density at radius 2 is 2.24 bits per heavy atom. The molecule has 1 aliphatic heterocycles. The van der Waals surface area contributed by atoms with E-state index in [1.54, 1.807) is 17.3 Å². The first-order chi connectivity index (χ1) is 10.0. The van der Waals surface area contributed by atoms with Gasteiger partial charge in [-0.3, -0.25) is 4.79 Å². The highest BCUT2D eigenvalue weighted by Crippen LogP contribution is 2.26. The molecule has 110 valence electrons. The minimum absolute atomic E-state index is 0.0391. The van der Waals surface area contributed by atoms with Crippen LogP contribution in [0.2, 0.25) is 0 Å². The van der Waals surface area contributed by atoms with Crippen molar-refractivity contribution < 1.29 is 14.7 Å². The van der Waals surface area contributed by atoms with Crippen LogP contribution in [0.15, 0.2) is 23.7 Å². The molecule has 2 heterocycles. The normalized spacial score (nSPS) is 16.5. The van der Waals surface area contributed by atoms with E-state index in [4.69, 9.17) is 5.11 Å². The van der Waals surface area contributed by atoms with E-state index < -0.39 is 11.9 Å². The second-order valence-electron chi connectivity index (χ2n) is 5.26. The van der Waals surface area contributed by atoms with Crippen LogP contribution in [0.5, 0.6) is 0 Å². The average molecular weight is 305 g/mol. The lowest BCUT2D eigenvalue weighted by atomic mass is 9.87. The molecule has 2 aromatic rings. The Morgan fingerprint density at radius 3 is 2.95 bits per heavy atom. The van der Waals surface area contributed by atoms with E-state index in [0.717, 1.165) is 15.9 Å². The van der Waals surface area contributed by atoms with Crippen LogP contribution in [-0.4, -0.2) is 40.1 Å². The van der Waals surface area contributed by atoms with Crippen LogP contribution in [0.1, 0.15) is 6.92 Å². The van der Waals surface area contributed by atoms with E-state index in [9.17, 15) is 9.59 Å². The Kier molecular flexibility index (Phi) is 3.50. The Labute approximate surface area is 125 Å². The van der Waals surface area contributed by atoms with E-state index in [1.807, 2.05) is 18.2 Å². The molecule has 0 spiro atoms. The monoisotopic (exact) mass is 305 g/mol. The number of nitrogens with one attached hydrogen (secondary N) is 1. The maximum Gasteiger partial charge on any atom is 0.321 e. The summed E-state index contributed by atoms with van der Waals surface area (Å²) in [5.74, 6) is -1.18. The zero-order valence-corrected chi connectivity index (χ0v) is 12.3. The van der Waals surface area contributed by atoms with Gasteiger partial charge >= 0.3 is 12.0 Å². The molecule has 1 unspecified atom stereocenters. The second kappa shape index (κ2) is 5.33. The fraction of sp³-hybridized carbons (Fsp3) is 0.357. The number of carboxylic acid groups (broad SMARTS) is 1. The zero-order valence-electron chi connectivity index (χ0n) is 11.4. The van der Waals surface area contributed by atoms with Gasteiger partial charge in [0.2, 0.25) is 0 Å². The van der Waals surface area contributed by atoms with Crippen molar-refractivity contribution >= 4 is 39.2 Å². The Morgan fingerprint density at radius 1 is 1.48 bits per heavy atom. The summed E-state index contributed by atoms with van der Waals surface area (Å²) in [6, 6.07) is 5.39. The van der Waals surface area contributed by atoms with Gasteiger partial charge < -0.3 is 15.3 Å². The highest BCUT2D eigenvalue weighted by atomic mass is 32.1. The molecule has 1 saturated heterocycles. The highest BCUT2D eigenvalue weighted by Gasteiger charge is 2.37. The molecule has 6 nitrogen and oxygen atoms in total. The summed E-state index contributed by atoms with van der Waals surface area (Å²) in [5, 5.41) is 11.8. The van der Waals surface area contributed by atoms with Crippen LogP contribution in [0.4, 0.5) is 10.5 Å². The maximum atomic E-state index is 12.1. The molecule has 1 aromatic carbocycles. The number of anilines is 1. The van der Waals surface area contributed by atoms with Gasteiger partial charge in [-0.1, -0.05) is 6.92 Å². The lowest BCUT2D eigenvalue weighted by Crippen LogP contribution is -2.54. The predicted molar refractivity (Wildman–Crippen MR) is 80.5 cm³/mol. The predicted octanol–water partition coefficient (Wildman–Crippen LogP) is 2.48. The molecule has 0 radical (unpaired) electrons. The van der Waals surface area contributed by atoms with Crippen molar-refractivity contribution in [3.8, 4) is 0 Å². The number of urea groups is 1. The second-order valence-corrected chi connectivity index (χ2v) is 6.14. The topological polar surface area (TPSA) is 82.5 Å². The molecule has 2 amide bonds. The fourth-order valence-corrected chi connectivity index (χ4v) is 3.05. The number of carbonyl (C=O) groups excluding carboxylic acids is 1. The molecule has 7 heteroatoms. The fourth-order valence-electron chi connectivity index (χ4n) is 2.33. The smallest absolute Gasteiger partial charge is 0.321 e. The number of benzene rings is 1. The van der Waals surface area contributed by atoms with Gasteiger partial charge in [0.1, 0.15) is 0 Å². The molecule has 1 aliphatic rings. The Bertz CT molecular complexity index is 694. The largest absolute Gasteiger partial charge is 0.481 e. The van der Waals surface area contributed by atoms with Crippen LogP contribution in [0.25, 0.3) is 10.2 Å². The molecule has 2 N–H and O–H groups in total. The molecular weight excluding hydrogens is 290 g/mol. The molecule has 21 heavy (non-hydrogen) atoms. The summed E-state index contributed by atoms with van der Waals surface area (Å²) in [7, 11) is 0. The quantitative estimate of drug-likeness (QED) is 0.912. The number of rotatable bonds is 3. The van der Waals surface area contributed by atoms with Crippen molar-refractivity contribution in [1.29, 1.82) is 0 Å². The van der Waals surface area contributed by atoms with Crippen molar-refractivity contribution in [2.24, 2.45) is 11.8 Å².